The molecule has 160 valence electrons. The number of allylic oxidation sites excluding steroid dienone is 1. The van der Waals surface area contributed by atoms with Crippen LogP contribution in [-0.4, -0.2) is 35.1 Å². The van der Waals surface area contributed by atoms with Crippen LogP contribution in [0.4, 0.5) is 18.9 Å². The molecule has 2 aromatic carbocycles. The van der Waals surface area contributed by atoms with Gasteiger partial charge in [-0.05, 0) is 49.6 Å². The highest BCUT2D eigenvalue weighted by Crippen LogP contribution is 2.42. The van der Waals surface area contributed by atoms with E-state index in [1.54, 1.807) is 6.92 Å². The predicted molar refractivity (Wildman–Crippen MR) is 110 cm³/mol. The zero-order valence-electron chi connectivity index (χ0n) is 16.4. The van der Waals surface area contributed by atoms with Gasteiger partial charge in [0.2, 0.25) is 0 Å². The summed E-state index contributed by atoms with van der Waals surface area (Å²) in [6.07, 6.45) is 0.249. The van der Waals surface area contributed by atoms with Crippen LogP contribution < -0.4 is 5.32 Å². The summed E-state index contributed by atoms with van der Waals surface area (Å²) in [7, 11) is 0. The number of hydrogen-bond acceptors (Lipinski definition) is 3. The number of nitrogens with zero attached hydrogens (tertiary/aromatic N) is 1. The Morgan fingerprint density at radius 3 is 2.57 bits per heavy atom. The number of nitrogens with one attached hydrogen (secondary N) is 1. The second-order valence-electron chi connectivity index (χ2n) is 7.32. The van der Waals surface area contributed by atoms with E-state index >= 15 is 8.78 Å². The number of alkyl halides is 2. The average molecular weight is 439 g/mol. The van der Waals surface area contributed by atoms with E-state index < -0.39 is 35.0 Å². The molecule has 2 aromatic rings. The highest BCUT2D eigenvalue weighted by molar-refractivity contribution is 6.35. The number of aliphatic hydroxyl groups excluding tert-OH is 1. The van der Waals surface area contributed by atoms with Crippen LogP contribution in [0.1, 0.15) is 34.3 Å². The summed E-state index contributed by atoms with van der Waals surface area (Å²) < 4.78 is 43.8. The topological polar surface area (TPSA) is 52.6 Å². The fraction of sp³-hybridized carbons (Fsp3) is 0.318. The van der Waals surface area contributed by atoms with E-state index in [1.807, 2.05) is 0 Å². The third-order valence-corrected chi connectivity index (χ3v) is 5.61. The van der Waals surface area contributed by atoms with Crippen LogP contribution in [0.5, 0.6) is 0 Å². The molecule has 1 saturated heterocycles. The number of carbonyl (C=O) groups excluding carboxylic acids is 1. The van der Waals surface area contributed by atoms with Gasteiger partial charge in [-0.15, -0.1) is 0 Å². The number of likely N-dealkylation sites (tertiary alicyclic amines) is 1. The van der Waals surface area contributed by atoms with Crippen LogP contribution in [0.3, 0.4) is 0 Å². The molecule has 0 spiro atoms. The molecule has 1 aliphatic rings. The third kappa shape index (κ3) is 4.47. The van der Waals surface area contributed by atoms with E-state index in [9.17, 15) is 14.3 Å². The van der Waals surface area contributed by atoms with Crippen molar-refractivity contribution in [2.45, 2.75) is 31.8 Å². The predicted octanol–water partition coefficient (Wildman–Crippen LogP) is 5.10. The van der Waals surface area contributed by atoms with Gasteiger partial charge in [-0.2, -0.15) is 8.78 Å². The summed E-state index contributed by atoms with van der Waals surface area (Å²) in [6, 6.07) is 7.84. The molecule has 2 N–H and O–H groups in total. The van der Waals surface area contributed by atoms with E-state index in [4.69, 9.17) is 11.6 Å². The lowest BCUT2D eigenvalue weighted by molar-refractivity contribution is -0.00602. The highest BCUT2D eigenvalue weighted by atomic mass is 35.5. The number of anilines is 1. The zero-order valence-corrected chi connectivity index (χ0v) is 17.1. The molecular weight excluding hydrogens is 417 g/mol. The fourth-order valence-corrected chi connectivity index (χ4v) is 3.69. The molecular formula is C22H22ClF3N2O2. The van der Waals surface area contributed by atoms with Crippen molar-refractivity contribution in [2.75, 3.05) is 18.4 Å². The van der Waals surface area contributed by atoms with Crippen molar-refractivity contribution in [3.63, 3.8) is 0 Å². The van der Waals surface area contributed by atoms with Gasteiger partial charge in [0.25, 0.3) is 5.91 Å². The molecule has 0 atom stereocenters. The van der Waals surface area contributed by atoms with Gasteiger partial charge in [-0.1, -0.05) is 30.3 Å². The first kappa shape index (κ1) is 22.2. The Morgan fingerprint density at radius 1 is 1.27 bits per heavy atom. The maximum absolute atomic E-state index is 15.2. The van der Waals surface area contributed by atoms with Crippen LogP contribution in [0.2, 0.25) is 5.02 Å². The van der Waals surface area contributed by atoms with Gasteiger partial charge in [0.15, 0.2) is 0 Å². The minimum Gasteiger partial charge on any atom is -0.393 e. The minimum absolute atomic E-state index is 0.127. The standard InChI is InChI=1S/C22H22ClF3N2O2/c1-13-12-15(6-7-19(13)24)27-21(30)17-4-3-5-18(20(17)23)22(25,26)14(2)28-10-8-16(29)9-11-28/h3-7,12,16,29H,2,8-11H2,1H3,(H,27,30). The summed E-state index contributed by atoms with van der Waals surface area (Å²) in [5.41, 5.74) is -0.422. The molecule has 0 radical (unpaired) electrons. The van der Waals surface area contributed by atoms with Gasteiger partial charge < -0.3 is 15.3 Å². The summed E-state index contributed by atoms with van der Waals surface area (Å²) in [5, 5.41) is 11.8. The molecule has 4 nitrogen and oxygen atoms in total. The SMILES string of the molecule is C=C(N1CCC(O)CC1)C(F)(F)c1cccc(C(=O)Nc2ccc(F)c(C)c2)c1Cl. The zero-order chi connectivity index (χ0) is 22.1. The molecule has 0 saturated carbocycles. The quantitative estimate of drug-likeness (QED) is 0.682. The van der Waals surface area contributed by atoms with Crippen LogP contribution in [-0.2, 0) is 5.92 Å². The lowest BCUT2D eigenvalue weighted by atomic mass is 9.99. The molecule has 0 aliphatic carbocycles. The molecule has 0 aromatic heterocycles. The number of benzene rings is 2. The molecule has 30 heavy (non-hydrogen) atoms. The van der Waals surface area contributed by atoms with E-state index in [2.05, 4.69) is 11.9 Å². The monoisotopic (exact) mass is 438 g/mol. The van der Waals surface area contributed by atoms with E-state index in [-0.39, 0.29) is 23.7 Å². The first-order chi connectivity index (χ1) is 14.1. The molecule has 1 fully saturated rings. The van der Waals surface area contributed by atoms with Crippen molar-refractivity contribution < 1.29 is 23.1 Å². The second kappa shape index (κ2) is 8.70. The number of amides is 1. The number of piperidine rings is 1. The van der Waals surface area contributed by atoms with Crippen LogP contribution in [0, 0.1) is 12.7 Å². The molecule has 1 heterocycles. The van der Waals surface area contributed by atoms with Crippen molar-refractivity contribution in [2.24, 2.45) is 0 Å². The average Bonchev–Trinajstić information content (AvgIpc) is 2.70. The third-order valence-electron chi connectivity index (χ3n) is 5.21. The first-order valence-corrected chi connectivity index (χ1v) is 9.85. The van der Waals surface area contributed by atoms with Crippen LogP contribution >= 0.6 is 11.6 Å². The number of hydrogen-bond donors (Lipinski definition) is 2. The normalized spacial score (nSPS) is 15.2. The summed E-state index contributed by atoms with van der Waals surface area (Å²) in [5.74, 6) is -4.60. The lowest BCUT2D eigenvalue weighted by Gasteiger charge is -2.36. The smallest absolute Gasteiger partial charge is 0.313 e. The van der Waals surface area contributed by atoms with E-state index in [0.717, 1.165) is 6.07 Å². The Morgan fingerprint density at radius 2 is 1.93 bits per heavy atom. The van der Waals surface area contributed by atoms with Gasteiger partial charge in [0, 0.05) is 24.3 Å². The Balaban J connectivity index is 1.85. The van der Waals surface area contributed by atoms with E-state index in [0.29, 0.717) is 24.1 Å². The summed E-state index contributed by atoms with van der Waals surface area (Å²) >= 11 is 6.22. The molecule has 3 rings (SSSR count). The molecule has 8 heteroatoms. The first-order valence-electron chi connectivity index (χ1n) is 9.48. The fourth-order valence-electron chi connectivity index (χ4n) is 3.36. The largest absolute Gasteiger partial charge is 0.393 e. The van der Waals surface area contributed by atoms with Crippen molar-refractivity contribution in [3.05, 3.63) is 76.2 Å². The van der Waals surface area contributed by atoms with Gasteiger partial charge in [-0.25, -0.2) is 4.39 Å². The number of halogens is 4. The molecule has 1 amide bonds. The van der Waals surface area contributed by atoms with Gasteiger partial charge in [0.1, 0.15) is 5.82 Å². The number of carbonyl (C=O) groups is 1. The number of aliphatic hydroxyl groups is 1. The molecule has 0 bridgehead atoms. The second-order valence-corrected chi connectivity index (χ2v) is 7.70. The lowest BCUT2D eigenvalue weighted by Crippen LogP contribution is -2.39. The van der Waals surface area contributed by atoms with Gasteiger partial charge >= 0.3 is 5.92 Å². The molecule has 1 aliphatic heterocycles. The van der Waals surface area contributed by atoms with Crippen LogP contribution in [0.15, 0.2) is 48.7 Å². The highest BCUT2D eigenvalue weighted by Gasteiger charge is 2.41. The summed E-state index contributed by atoms with van der Waals surface area (Å²) in [4.78, 5) is 14.1. The van der Waals surface area contributed by atoms with Crippen LogP contribution in [0.25, 0.3) is 0 Å². The molecule has 0 unspecified atom stereocenters. The minimum atomic E-state index is -3.50. The van der Waals surface area contributed by atoms with Crippen molar-refractivity contribution >= 4 is 23.2 Å². The maximum Gasteiger partial charge on any atom is 0.313 e. The van der Waals surface area contributed by atoms with Crippen molar-refractivity contribution in [1.82, 2.24) is 4.90 Å². The number of rotatable bonds is 5. The Hall–Kier alpha value is -2.51. The Kier molecular flexibility index (Phi) is 6.43. The van der Waals surface area contributed by atoms with Crippen molar-refractivity contribution in [3.8, 4) is 0 Å². The van der Waals surface area contributed by atoms with Crippen molar-refractivity contribution in [1.29, 1.82) is 0 Å². The maximum atomic E-state index is 15.2. The van der Waals surface area contributed by atoms with E-state index in [1.165, 1.54) is 35.2 Å². The van der Waals surface area contributed by atoms with Gasteiger partial charge in [0.05, 0.1) is 22.4 Å². The Labute approximate surface area is 178 Å². The van der Waals surface area contributed by atoms with Gasteiger partial charge in [-0.3, -0.25) is 4.79 Å². The summed E-state index contributed by atoms with van der Waals surface area (Å²) in [6.45, 7) is 5.62. The Bertz CT molecular complexity index is 973. The number of aryl methyl sites for hydroxylation is 1.